The van der Waals surface area contributed by atoms with Crippen LogP contribution in [0.15, 0.2) is 12.4 Å². The highest BCUT2D eigenvalue weighted by Crippen LogP contribution is 1.97. The van der Waals surface area contributed by atoms with Crippen molar-refractivity contribution in [2.24, 2.45) is 0 Å². The molecule has 0 atom stereocenters. The predicted octanol–water partition coefficient (Wildman–Crippen LogP) is 1.80. The molecule has 0 fully saturated rings. The molecule has 0 amide bonds. The molecule has 0 aliphatic carbocycles. The van der Waals surface area contributed by atoms with E-state index in [4.69, 9.17) is 0 Å². The van der Waals surface area contributed by atoms with Crippen molar-refractivity contribution in [3.8, 4) is 11.8 Å². The molecule has 1 aromatic heterocycles. The molecule has 15 heavy (non-hydrogen) atoms. The van der Waals surface area contributed by atoms with Crippen LogP contribution in [0.5, 0.6) is 0 Å². The minimum atomic E-state index is 0.884. The Hall–Kier alpha value is -1.27. The van der Waals surface area contributed by atoms with E-state index in [1.165, 1.54) is 5.56 Å². The standard InChI is InChI=1S/C12H19N3/c1-3-5-6-7-13-9-12-10-14-15(11-12)8-4-2/h10-11,13H,4,6-9H2,1-2H3. The maximum Gasteiger partial charge on any atom is 0.0534 e. The second kappa shape index (κ2) is 7.08. The zero-order valence-electron chi connectivity index (χ0n) is 9.58. The van der Waals surface area contributed by atoms with Gasteiger partial charge in [-0.25, -0.2) is 0 Å². The van der Waals surface area contributed by atoms with Crippen LogP contribution >= 0.6 is 0 Å². The molecule has 3 nitrogen and oxygen atoms in total. The summed E-state index contributed by atoms with van der Waals surface area (Å²) in [6, 6.07) is 0. The Morgan fingerprint density at radius 3 is 3.13 bits per heavy atom. The van der Waals surface area contributed by atoms with Gasteiger partial charge in [0.25, 0.3) is 0 Å². The summed E-state index contributed by atoms with van der Waals surface area (Å²) in [7, 11) is 0. The minimum Gasteiger partial charge on any atom is -0.312 e. The molecule has 0 radical (unpaired) electrons. The van der Waals surface area contributed by atoms with Gasteiger partial charge in [-0.2, -0.15) is 5.10 Å². The quantitative estimate of drug-likeness (QED) is 0.567. The maximum atomic E-state index is 4.27. The van der Waals surface area contributed by atoms with Gasteiger partial charge in [0.05, 0.1) is 6.20 Å². The normalized spacial score (nSPS) is 9.73. The van der Waals surface area contributed by atoms with Crippen LogP contribution in [-0.2, 0) is 13.1 Å². The molecular formula is C12H19N3. The Morgan fingerprint density at radius 1 is 1.53 bits per heavy atom. The van der Waals surface area contributed by atoms with E-state index in [1.54, 1.807) is 0 Å². The van der Waals surface area contributed by atoms with Crippen molar-refractivity contribution in [3.63, 3.8) is 0 Å². The van der Waals surface area contributed by atoms with Gasteiger partial charge in [-0.1, -0.05) is 6.92 Å². The first-order valence-corrected chi connectivity index (χ1v) is 5.48. The Balaban J connectivity index is 2.21. The van der Waals surface area contributed by atoms with Crippen LogP contribution in [0.4, 0.5) is 0 Å². The van der Waals surface area contributed by atoms with Crippen molar-refractivity contribution in [2.45, 2.75) is 39.8 Å². The fourth-order valence-electron chi connectivity index (χ4n) is 1.36. The van der Waals surface area contributed by atoms with Gasteiger partial charge in [0.1, 0.15) is 0 Å². The highest BCUT2D eigenvalue weighted by atomic mass is 15.3. The van der Waals surface area contributed by atoms with Crippen LogP contribution in [-0.4, -0.2) is 16.3 Å². The zero-order chi connectivity index (χ0) is 10.9. The van der Waals surface area contributed by atoms with E-state index in [0.717, 1.165) is 32.5 Å². The van der Waals surface area contributed by atoms with E-state index < -0.39 is 0 Å². The molecule has 1 rings (SSSR count). The van der Waals surface area contributed by atoms with Crippen molar-refractivity contribution in [1.29, 1.82) is 0 Å². The summed E-state index contributed by atoms with van der Waals surface area (Å²) >= 11 is 0. The number of nitrogens with one attached hydrogen (secondary N) is 1. The zero-order valence-corrected chi connectivity index (χ0v) is 9.58. The first kappa shape index (κ1) is 11.8. The lowest BCUT2D eigenvalue weighted by Crippen LogP contribution is -2.13. The minimum absolute atomic E-state index is 0.884. The van der Waals surface area contributed by atoms with Crippen LogP contribution in [0.1, 0.15) is 32.3 Å². The molecule has 82 valence electrons. The van der Waals surface area contributed by atoms with Gasteiger partial charge >= 0.3 is 0 Å². The van der Waals surface area contributed by atoms with Crippen LogP contribution in [0.2, 0.25) is 0 Å². The number of hydrogen-bond donors (Lipinski definition) is 1. The summed E-state index contributed by atoms with van der Waals surface area (Å²) in [5, 5.41) is 7.61. The van der Waals surface area contributed by atoms with Gasteiger partial charge in [-0.05, 0) is 13.3 Å². The summed E-state index contributed by atoms with van der Waals surface area (Å²) in [5.41, 5.74) is 1.24. The maximum absolute atomic E-state index is 4.27. The topological polar surface area (TPSA) is 29.9 Å². The van der Waals surface area contributed by atoms with Crippen molar-refractivity contribution < 1.29 is 0 Å². The first-order chi connectivity index (χ1) is 7.36. The lowest BCUT2D eigenvalue weighted by Gasteiger charge is -1.98. The Kier molecular flexibility index (Phi) is 5.57. The fraction of sp³-hybridized carbons (Fsp3) is 0.583. The number of rotatable bonds is 6. The van der Waals surface area contributed by atoms with Crippen LogP contribution in [0.25, 0.3) is 0 Å². The van der Waals surface area contributed by atoms with Crippen molar-refractivity contribution >= 4 is 0 Å². The van der Waals surface area contributed by atoms with E-state index in [9.17, 15) is 0 Å². The molecule has 3 heteroatoms. The molecule has 1 N–H and O–H groups in total. The van der Waals surface area contributed by atoms with E-state index >= 15 is 0 Å². The van der Waals surface area contributed by atoms with Crippen molar-refractivity contribution in [2.75, 3.05) is 6.54 Å². The highest BCUT2D eigenvalue weighted by molar-refractivity contribution is 5.03. The average molecular weight is 205 g/mol. The third-order valence-corrected chi connectivity index (χ3v) is 2.07. The van der Waals surface area contributed by atoms with Crippen LogP contribution < -0.4 is 5.32 Å². The van der Waals surface area contributed by atoms with Gasteiger partial charge in [0.2, 0.25) is 0 Å². The second-order valence-electron chi connectivity index (χ2n) is 3.47. The van der Waals surface area contributed by atoms with Gasteiger partial charge in [-0.3, -0.25) is 4.68 Å². The van der Waals surface area contributed by atoms with E-state index in [-0.39, 0.29) is 0 Å². The fourth-order valence-corrected chi connectivity index (χ4v) is 1.36. The Labute approximate surface area is 91.9 Å². The van der Waals surface area contributed by atoms with E-state index in [0.29, 0.717) is 0 Å². The van der Waals surface area contributed by atoms with Gasteiger partial charge < -0.3 is 5.32 Å². The second-order valence-corrected chi connectivity index (χ2v) is 3.47. The molecule has 0 aliphatic rings. The van der Waals surface area contributed by atoms with E-state index in [1.807, 2.05) is 17.8 Å². The Bertz CT molecular complexity index is 330. The van der Waals surface area contributed by atoms with E-state index in [2.05, 4.69) is 35.4 Å². The van der Waals surface area contributed by atoms with Crippen LogP contribution in [0, 0.1) is 11.8 Å². The number of nitrogens with zero attached hydrogens (tertiary/aromatic N) is 2. The summed E-state index contributed by atoms with van der Waals surface area (Å²) in [5.74, 6) is 5.91. The highest BCUT2D eigenvalue weighted by Gasteiger charge is 1.96. The lowest BCUT2D eigenvalue weighted by atomic mass is 10.3. The summed E-state index contributed by atoms with van der Waals surface area (Å²) < 4.78 is 1.99. The molecule has 1 aromatic rings. The number of aryl methyl sites for hydroxylation is 1. The van der Waals surface area contributed by atoms with Gasteiger partial charge in [-0.15, -0.1) is 11.8 Å². The molecular weight excluding hydrogens is 186 g/mol. The molecule has 0 aromatic carbocycles. The third-order valence-electron chi connectivity index (χ3n) is 2.07. The average Bonchev–Trinajstić information content (AvgIpc) is 2.66. The molecule has 0 saturated heterocycles. The molecule has 1 heterocycles. The lowest BCUT2D eigenvalue weighted by molar-refractivity contribution is 0.601. The first-order valence-electron chi connectivity index (χ1n) is 5.48. The molecule has 0 unspecified atom stereocenters. The summed E-state index contributed by atoms with van der Waals surface area (Å²) in [6.07, 6.45) is 6.07. The number of hydrogen-bond acceptors (Lipinski definition) is 2. The SMILES string of the molecule is CC#CCCNCc1cnn(CCC)c1. The summed E-state index contributed by atoms with van der Waals surface area (Å²) in [6.45, 7) is 6.86. The van der Waals surface area contributed by atoms with Gasteiger partial charge in [0, 0.05) is 37.8 Å². The van der Waals surface area contributed by atoms with Crippen molar-refractivity contribution in [1.82, 2.24) is 15.1 Å². The van der Waals surface area contributed by atoms with Crippen LogP contribution in [0.3, 0.4) is 0 Å². The predicted molar refractivity (Wildman–Crippen MR) is 62.3 cm³/mol. The largest absolute Gasteiger partial charge is 0.312 e. The molecule has 0 aliphatic heterocycles. The van der Waals surface area contributed by atoms with Gasteiger partial charge in [0.15, 0.2) is 0 Å². The summed E-state index contributed by atoms with van der Waals surface area (Å²) in [4.78, 5) is 0. The third kappa shape index (κ3) is 4.66. The molecule has 0 saturated carbocycles. The smallest absolute Gasteiger partial charge is 0.0534 e. The number of aromatic nitrogens is 2. The molecule has 0 spiro atoms. The van der Waals surface area contributed by atoms with Crippen molar-refractivity contribution in [3.05, 3.63) is 18.0 Å². The Morgan fingerprint density at radius 2 is 2.40 bits per heavy atom. The molecule has 0 bridgehead atoms. The monoisotopic (exact) mass is 205 g/mol.